The minimum absolute atomic E-state index is 0.0210. The van der Waals surface area contributed by atoms with E-state index >= 15 is 0 Å². The number of rotatable bonds is 5. The first-order chi connectivity index (χ1) is 9.52. The molecule has 0 aliphatic carbocycles. The van der Waals surface area contributed by atoms with Crippen molar-refractivity contribution in [3.63, 3.8) is 0 Å². The Hall–Kier alpha value is -1.90. The number of nitrogens with one attached hydrogen (secondary N) is 1. The molecule has 0 bridgehead atoms. The first-order valence-corrected chi connectivity index (χ1v) is 6.38. The number of ether oxygens (including phenoxy) is 1. The van der Waals surface area contributed by atoms with Crippen molar-refractivity contribution in [2.75, 3.05) is 13.2 Å². The Balaban J connectivity index is 2.60. The molecule has 5 heteroatoms. The van der Waals surface area contributed by atoms with Gasteiger partial charge < -0.3 is 15.8 Å². The van der Waals surface area contributed by atoms with Crippen LogP contribution >= 0.6 is 0 Å². The molecule has 1 rings (SSSR count). The van der Waals surface area contributed by atoms with Crippen molar-refractivity contribution in [2.24, 2.45) is 5.73 Å². The second-order valence-corrected chi connectivity index (χ2v) is 4.45. The van der Waals surface area contributed by atoms with E-state index in [-0.39, 0.29) is 37.5 Å². The van der Waals surface area contributed by atoms with Crippen LogP contribution in [0, 0.1) is 17.7 Å². The summed E-state index contributed by atoms with van der Waals surface area (Å²) >= 11 is 0. The fourth-order valence-corrected chi connectivity index (χ4v) is 1.43. The van der Waals surface area contributed by atoms with Gasteiger partial charge in [-0.25, -0.2) is 4.39 Å². The van der Waals surface area contributed by atoms with Gasteiger partial charge in [-0.05, 0) is 32.0 Å². The fourth-order valence-electron chi connectivity index (χ4n) is 1.43. The molecule has 3 N–H and O–H groups in total. The van der Waals surface area contributed by atoms with Crippen molar-refractivity contribution < 1.29 is 13.9 Å². The number of hydrogen-bond donors (Lipinski definition) is 2. The average Bonchev–Trinajstić information content (AvgIpc) is 2.42. The summed E-state index contributed by atoms with van der Waals surface area (Å²) in [6.07, 6.45) is -0.0210. The molecule has 0 radical (unpaired) electrons. The third kappa shape index (κ3) is 5.83. The molecule has 20 heavy (non-hydrogen) atoms. The van der Waals surface area contributed by atoms with E-state index in [9.17, 15) is 9.18 Å². The highest BCUT2D eigenvalue weighted by Gasteiger charge is 2.06. The van der Waals surface area contributed by atoms with Gasteiger partial charge in [0, 0.05) is 17.7 Å². The van der Waals surface area contributed by atoms with Gasteiger partial charge in [0.2, 0.25) is 5.91 Å². The number of carbonyl (C=O) groups excluding carboxylic acids is 1. The average molecular weight is 278 g/mol. The molecule has 4 nitrogen and oxygen atoms in total. The van der Waals surface area contributed by atoms with Crippen LogP contribution in [-0.4, -0.2) is 25.2 Å². The highest BCUT2D eigenvalue weighted by molar-refractivity contribution is 5.77. The van der Waals surface area contributed by atoms with E-state index in [2.05, 4.69) is 17.2 Å². The molecule has 108 valence electrons. The molecular formula is C15H19FN2O2. The molecule has 0 aliphatic rings. The van der Waals surface area contributed by atoms with Crippen LogP contribution in [0.4, 0.5) is 4.39 Å². The summed E-state index contributed by atoms with van der Waals surface area (Å²) in [6.45, 7) is 3.99. The summed E-state index contributed by atoms with van der Waals surface area (Å²) in [6, 6.07) is 4.50. The zero-order valence-electron chi connectivity index (χ0n) is 11.7. The van der Waals surface area contributed by atoms with Gasteiger partial charge in [0.05, 0.1) is 12.6 Å². The van der Waals surface area contributed by atoms with Gasteiger partial charge in [-0.3, -0.25) is 4.79 Å². The number of carbonyl (C=O) groups is 1. The van der Waals surface area contributed by atoms with Gasteiger partial charge in [0.15, 0.2) is 0 Å². The molecular weight excluding hydrogens is 259 g/mol. The van der Waals surface area contributed by atoms with Crippen LogP contribution in [0.25, 0.3) is 0 Å². The maximum Gasteiger partial charge on any atom is 0.246 e. The lowest BCUT2D eigenvalue weighted by Crippen LogP contribution is -2.28. The fraction of sp³-hybridized carbons (Fsp3) is 0.400. The van der Waals surface area contributed by atoms with Crippen LogP contribution < -0.4 is 11.1 Å². The van der Waals surface area contributed by atoms with Crippen molar-refractivity contribution in [1.29, 1.82) is 0 Å². The largest absolute Gasteiger partial charge is 0.369 e. The number of halogens is 1. The number of hydrogen-bond acceptors (Lipinski definition) is 3. The minimum atomic E-state index is -0.381. The molecule has 0 atom stereocenters. The summed E-state index contributed by atoms with van der Waals surface area (Å²) in [4.78, 5) is 11.5. The molecule has 0 heterocycles. The second kappa shape index (κ2) is 8.31. The Bertz CT molecular complexity index is 518. The second-order valence-electron chi connectivity index (χ2n) is 4.45. The third-order valence-corrected chi connectivity index (χ3v) is 2.40. The van der Waals surface area contributed by atoms with Gasteiger partial charge in [-0.15, -0.1) is 0 Å². The lowest BCUT2D eigenvalue weighted by molar-refractivity contribution is -0.127. The van der Waals surface area contributed by atoms with Crippen LogP contribution in [0.2, 0.25) is 0 Å². The highest BCUT2D eigenvalue weighted by Crippen LogP contribution is 2.09. The summed E-state index contributed by atoms with van der Waals surface area (Å²) in [5.74, 6) is 4.86. The molecule has 0 fully saturated rings. The monoisotopic (exact) mass is 278 g/mol. The van der Waals surface area contributed by atoms with Crippen LogP contribution in [0.5, 0.6) is 0 Å². The number of benzene rings is 1. The molecule has 1 aromatic carbocycles. The van der Waals surface area contributed by atoms with Gasteiger partial charge in [-0.1, -0.05) is 11.8 Å². The topological polar surface area (TPSA) is 64.3 Å². The zero-order chi connectivity index (χ0) is 15.0. The SMILES string of the molecule is CC(C)OCC(=O)NCc1cc(C#CCN)ccc1F. The Labute approximate surface area is 118 Å². The van der Waals surface area contributed by atoms with Crippen LogP contribution in [0.1, 0.15) is 25.0 Å². The molecule has 1 amide bonds. The lowest BCUT2D eigenvalue weighted by atomic mass is 10.1. The predicted molar refractivity (Wildman–Crippen MR) is 75.3 cm³/mol. The van der Waals surface area contributed by atoms with E-state index in [1.54, 1.807) is 12.1 Å². The Morgan fingerprint density at radius 3 is 2.90 bits per heavy atom. The van der Waals surface area contributed by atoms with Gasteiger partial charge in [-0.2, -0.15) is 0 Å². The van der Waals surface area contributed by atoms with Crippen molar-refractivity contribution >= 4 is 5.91 Å². The van der Waals surface area contributed by atoms with Crippen LogP contribution in [0.15, 0.2) is 18.2 Å². The van der Waals surface area contributed by atoms with Crippen LogP contribution in [-0.2, 0) is 16.1 Å². The summed E-state index contributed by atoms with van der Waals surface area (Å²) < 4.78 is 18.8. The molecule has 0 unspecified atom stereocenters. The van der Waals surface area contributed by atoms with Gasteiger partial charge in [0.1, 0.15) is 12.4 Å². The van der Waals surface area contributed by atoms with Crippen molar-refractivity contribution in [1.82, 2.24) is 5.32 Å². The van der Waals surface area contributed by atoms with Crippen molar-refractivity contribution in [2.45, 2.75) is 26.5 Å². The molecule has 1 aromatic rings. The molecule has 0 spiro atoms. The predicted octanol–water partition coefficient (Wildman–Crippen LogP) is 1.18. The molecule has 0 saturated heterocycles. The van der Waals surface area contributed by atoms with Gasteiger partial charge >= 0.3 is 0 Å². The smallest absolute Gasteiger partial charge is 0.246 e. The normalized spacial score (nSPS) is 10.1. The first-order valence-electron chi connectivity index (χ1n) is 6.38. The molecule has 0 aliphatic heterocycles. The van der Waals surface area contributed by atoms with Crippen LogP contribution in [0.3, 0.4) is 0 Å². The molecule has 0 aromatic heterocycles. The maximum absolute atomic E-state index is 13.6. The van der Waals surface area contributed by atoms with E-state index in [4.69, 9.17) is 10.5 Å². The van der Waals surface area contributed by atoms with E-state index in [1.807, 2.05) is 13.8 Å². The highest BCUT2D eigenvalue weighted by atomic mass is 19.1. The summed E-state index contributed by atoms with van der Waals surface area (Å²) in [7, 11) is 0. The minimum Gasteiger partial charge on any atom is -0.369 e. The number of amides is 1. The Morgan fingerprint density at radius 1 is 1.50 bits per heavy atom. The quantitative estimate of drug-likeness (QED) is 0.795. The molecule has 0 saturated carbocycles. The summed E-state index contributed by atoms with van der Waals surface area (Å²) in [5.41, 5.74) is 6.33. The van der Waals surface area contributed by atoms with E-state index in [1.165, 1.54) is 6.07 Å². The number of nitrogens with two attached hydrogens (primary N) is 1. The van der Waals surface area contributed by atoms with E-state index in [0.29, 0.717) is 11.1 Å². The standard InChI is InChI=1S/C15H19FN2O2/c1-11(2)20-10-15(19)18-9-13-8-12(4-3-7-17)5-6-14(13)16/h5-6,8,11H,7,9-10,17H2,1-2H3,(H,18,19). The summed E-state index contributed by atoms with van der Waals surface area (Å²) in [5, 5.41) is 2.60. The van der Waals surface area contributed by atoms with E-state index < -0.39 is 0 Å². The van der Waals surface area contributed by atoms with Gasteiger partial charge in [0.25, 0.3) is 0 Å². The third-order valence-electron chi connectivity index (χ3n) is 2.40. The van der Waals surface area contributed by atoms with Crippen molar-refractivity contribution in [3.8, 4) is 11.8 Å². The van der Waals surface area contributed by atoms with Crippen molar-refractivity contribution in [3.05, 3.63) is 35.1 Å². The lowest BCUT2D eigenvalue weighted by Gasteiger charge is -2.09. The van der Waals surface area contributed by atoms with E-state index in [0.717, 1.165) is 0 Å². The Kier molecular flexibility index (Phi) is 6.71. The first kappa shape index (κ1) is 16.2. The zero-order valence-corrected chi connectivity index (χ0v) is 11.7. The Morgan fingerprint density at radius 2 is 2.25 bits per heavy atom. The maximum atomic E-state index is 13.6.